The van der Waals surface area contributed by atoms with Gasteiger partial charge in [0.15, 0.2) is 0 Å². The molecule has 2 heterocycles. The van der Waals surface area contributed by atoms with E-state index < -0.39 is 0 Å². The number of nitriles is 1. The molecular weight excluding hydrogens is 458 g/mol. The molecule has 0 radical (unpaired) electrons. The lowest BCUT2D eigenvalue weighted by Crippen LogP contribution is -2.41. The first-order valence-corrected chi connectivity index (χ1v) is 12.3. The Hall–Kier alpha value is -3.19. The lowest BCUT2D eigenvalue weighted by molar-refractivity contribution is -0.120. The highest BCUT2D eigenvalue weighted by Gasteiger charge is 2.25. The van der Waals surface area contributed by atoms with Gasteiger partial charge in [0.2, 0.25) is 11.8 Å². The zero-order chi connectivity index (χ0) is 26.2. The van der Waals surface area contributed by atoms with E-state index in [-0.39, 0.29) is 31.0 Å². The number of carbonyl (C=O) groups excluding carboxylic acids is 2. The van der Waals surface area contributed by atoms with E-state index >= 15 is 0 Å². The van der Waals surface area contributed by atoms with E-state index in [0.29, 0.717) is 31.1 Å². The van der Waals surface area contributed by atoms with E-state index in [2.05, 4.69) is 16.7 Å². The minimum Gasteiger partial charge on any atom is -0.383 e. The quantitative estimate of drug-likeness (QED) is 0.495. The number of benzene rings is 1. The fraction of sp³-hybridized carbons (Fsp3) is 0.519. The minimum absolute atomic E-state index is 0.0162. The van der Waals surface area contributed by atoms with Crippen LogP contribution in [0.25, 0.3) is 0 Å². The predicted octanol–water partition coefficient (Wildman–Crippen LogP) is 3.30. The molecule has 0 aliphatic carbocycles. The Morgan fingerprint density at radius 3 is 2.53 bits per heavy atom. The van der Waals surface area contributed by atoms with Crippen LogP contribution in [0, 0.1) is 39.0 Å². The van der Waals surface area contributed by atoms with Crippen LogP contribution in [0.5, 0.6) is 0 Å². The monoisotopic (exact) mass is 495 g/mol. The highest BCUT2D eigenvalue weighted by atomic mass is 16.5. The van der Waals surface area contributed by atoms with Crippen LogP contribution < -0.4 is 10.6 Å². The average molecular weight is 496 g/mol. The highest BCUT2D eigenvalue weighted by molar-refractivity contribution is 5.95. The molecule has 1 fully saturated rings. The molecule has 194 valence electrons. The molecule has 2 N–H and O–H groups in total. The molecule has 0 spiro atoms. The van der Waals surface area contributed by atoms with Gasteiger partial charge in [-0.05, 0) is 63.3 Å². The summed E-state index contributed by atoms with van der Waals surface area (Å²) in [6, 6.07) is 8.00. The summed E-state index contributed by atoms with van der Waals surface area (Å²) in [5, 5.41) is 15.7. The Labute approximate surface area is 213 Å². The first-order chi connectivity index (χ1) is 17.2. The summed E-state index contributed by atoms with van der Waals surface area (Å²) >= 11 is 0. The molecule has 9 nitrogen and oxygen atoms in total. The number of aromatic nitrogens is 1. The van der Waals surface area contributed by atoms with Crippen molar-refractivity contribution in [3.05, 3.63) is 46.1 Å². The van der Waals surface area contributed by atoms with Gasteiger partial charge in [0.05, 0.1) is 37.9 Å². The largest absolute Gasteiger partial charge is 0.383 e. The van der Waals surface area contributed by atoms with Gasteiger partial charge in [-0.1, -0.05) is 12.1 Å². The van der Waals surface area contributed by atoms with E-state index in [1.54, 1.807) is 12.0 Å². The van der Waals surface area contributed by atoms with Crippen molar-refractivity contribution < 1.29 is 19.1 Å². The molecule has 0 saturated carbocycles. The Morgan fingerprint density at radius 2 is 1.89 bits per heavy atom. The molecular formula is C27H37N5O4. The number of hydrogen-bond donors (Lipinski definition) is 2. The molecule has 0 bridgehead atoms. The number of aryl methyl sites for hydroxylation is 1. The molecule has 1 saturated heterocycles. The standard InChI is InChI=1S/C27H37N5O4/c1-18-8-6-10-24(19(18)2)29-25(33)16-31(11-13-35-5)17-26(34)30-27-23(14-28)20(3)21(4)32(27)15-22-9-7-12-36-22/h6,8,10,22H,7,9,11-13,15-17H2,1-5H3,(H,29,33)(H,30,34). The van der Waals surface area contributed by atoms with Gasteiger partial charge in [-0.15, -0.1) is 0 Å². The molecule has 1 aliphatic rings. The molecule has 3 rings (SSSR count). The number of hydrogen-bond acceptors (Lipinski definition) is 6. The van der Waals surface area contributed by atoms with Crippen molar-refractivity contribution in [2.45, 2.75) is 53.2 Å². The third kappa shape index (κ3) is 6.72. The SMILES string of the molecule is COCCN(CC(=O)Nc1cccc(C)c1C)CC(=O)Nc1c(C#N)c(C)c(C)n1CC1CCCO1. The summed E-state index contributed by atoms with van der Waals surface area (Å²) in [5.74, 6) is -0.0217. The van der Waals surface area contributed by atoms with E-state index in [4.69, 9.17) is 9.47 Å². The summed E-state index contributed by atoms with van der Waals surface area (Å²) in [6.45, 7) is 9.90. The van der Waals surface area contributed by atoms with E-state index in [1.807, 2.05) is 50.5 Å². The summed E-state index contributed by atoms with van der Waals surface area (Å²) in [7, 11) is 1.58. The summed E-state index contributed by atoms with van der Waals surface area (Å²) < 4.78 is 12.9. The van der Waals surface area contributed by atoms with Crippen LogP contribution in [0.15, 0.2) is 18.2 Å². The second-order valence-corrected chi connectivity index (χ2v) is 9.34. The number of nitrogens with one attached hydrogen (secondary N) is 2. The number of amides is 2. The van der Waals surface area contributed by atoms with E-state index in [9.17, 15) is 14.9 Å². The molecule has 1 atom stereocenters. The third-order valence-electron chi connectivity index (χ3n) is 6.83. The Bertz CT molecular complexity index is 1130. The lowest BCUT2D eigenvalue weighted by atomic mass is 10.1. The maximum absolute atomic E-state index is 13.1. The van der Waals surface area contributed by atoms with Crippen molar-refractivity contribution in [3.8, 4) is 6.07 Å². The fourth-order valence-electron chi connectivity index (χ4n) is 4.44. The number of nitrogens with zero attached hydrogens (tertiary/aromatic N) is 3. The van der Waals surface area contributed by atoms with Crippen molar-refractivity contribution >= 4 is 23.3 Å². The van der Waals surface area contributed by atoms with Gasteiger partial charge in [-0.25, -0.2) is 0 Å². The maximum atomic E-state index is 13.1. The molecule has 1 aromatic heterocycles. The van der Waals surface area contributed by atoms with Crippen molar-refractivity contribution in [3.63, 3.8) is 0 Å². The lowest BCUT2D eigenvalue weighted by Gasteiger charge is -2.22. The summed E-state index contributed by atoms with van der Waals surface area (Å²) in [6.07, 6.45) is 2.02. The molecule has 2 aromatic rings. The molecule has 1 unspecified atom stereocenters. The van der Waals surface area contributed by atoms with E-state index in [0.717, 1.165) is 47.5 Å². The molecule has 9 heteroatoms. The van der Waals surface area contributed by atoms with Crippen LogP contribution in [-0.4, -0.2) is 67.3 Å². The Morgan fingerprint density at radius 1 is 1.17 bits per heavy atom. The Balaban J connectivity index is 1.71. The second-order valence-electron chi connectivity index (χ2n) is 9.34. The van der Waals surface area contributed by atoms with Gasteiger partial charge < -0.3 is 24.7 Å². The first kappa shape index (κ1) is 27.4. The average Bonchev–Trinajstić information content (AvgIpc) is 3.43. The molecule has 1 aliphatic heterocycles. The van der Waals surface area contributed by atoms with Crippen LogP contribution in [0.3, 0.4) is 0 Å². The number of carbonyl (C=O) groups is 2. The van der Waals surface area contributed by atoms with Crippen molar-refractivity contribution in [1.82, 2.24) is 9.47 Å². The zero-order valence-electron chi connectivity index (χ0n) is 21.9. The Kier molecular flexibility index (Phi) is 9.65. The number of anilines is 2. The molecule has 1 aromatic carbocycles. The van der Waals surface area contributed by atoms with Crippen LogP contribution in [0.4, 0.5) is 11.5 Å². The third-order valence-corrected chi connectivity index (χ3v) is 6.83. The van der Waals surface area contributed by atoms with Gasteiger partial charge in [0, 0.05) is 31.6 Å². The maximum Gasteiger partial charge on any atom is 0.239 e. The van der Waals surface area contributed by atoms with Crippen molar-refractivity contribution in [2.75, 3.05) is 50.6 Å². The molecule has 2 amide bonds. The number of methoxy groups -OCH3 is 1. The van der Waals surface area contributed by atoms with Crippen molar-refractivity contribution in [2.24, 2.45) is 0 Å². The topological polar surface area (TPSA) is 109 Å². The van der Waals surface area contributed by atoms with Crippen LogP contribution in [0.2, 0.25) is 0 Å². The zero-order valence-corrected chi connectivity index (χ0v) is 21.9. The van der Waals surface area contributed by atoms with Gasteiger partial charge >= 0.3 is 0 Å². The van der Waals surface area contributed by atoms with Crippen molar-refractivity contribution in [1.29, 1.82) is 5.26 Å². The van der Waals surface area contributed by atoms with E-state index in [1.165, 1.54) is 0 Å². The fourth-order valence-corrected chi connectivity index (χ4v) is 4.44. The summed E-state index contributed by atoms with van der Waals surface area (Å²) in [4.78, 5) is 27.7. The smallest absolute Gasteiger partial charge is 0.239 e. The van der Waals surface area contributed by atoms with Gasteiger partial charge in [-0.3, -0.25) is 14.5 Å². The predicted molar refractivity (Wildman–Crippen MR) is 139 cm³/mol. The minimum atomic E-state index is -0.298. The number of rotatable bonds is 11. The van der Waals surface area contributed by atoms with Gasteiger partial charge in [0.1, 0.15) is 11.9 Å². The first-order valence-electron chi connectivity index (χ1n) is 12.3. The van der Waals surface area contributed by atoms with Crippen LogP contribution >= 0.6 is 0 Å². The van der Waals surface area contributed by atoms with Crippen LogP contribution in [-0.2, 0) is 25.6 Å². The summed E-state index contributed by atoms with van der Waals surface area (Å²) in [5.41, 5.74) is 5.08. The molecule has 36 heavy (non-hydrogen) atoms. The highest BCUT2D eigenvalue weighted by Crippen LogP contribution is 2.28. The van der Waals surface area contributed by atoms with Gasteiger partial charge in [-0.2, -0.15) is 5.26 Å². The normalized spacial score (nSPS) is 15.2. The number of ether oxygens (including phenoxy) is 2. The van der Waals surface area contributed by atoms with Gasteiger partial charge in [0.25, 0.3) is 0 Å². The second kappa shape index (κ2) is 12.7. The van der Waals surface area contributed by atoms with Crippen LogP contribution in [0.1, 0.15) is 40.8 Å².